The Morgan fingerprint density at radius 3 is 0.851 bits per heavy atom. The van der Waals surface area contributed by atoms with E-state index in [-0.39, 0.29) is 37.5 Å². The minimum Gasteiger partial charge on any atom is -0.462 e. The predicted molar refractivity (Wildman–Crippen MR) is 320 cm³/mol. The molecule has 6 nitrogen and oxygen atoms in total. The largest absolute Gasteiger partial charge is 0.462 e. The van der Waals surface area contributed by atoms with Gasteiger partial charge in [0.2, 0.25) is 0 Å². The molecule has 0 saturated carbocycles. The molecule has 0 aromatic heterocycles. The fraction of sp³-hybridized carbons (Fsp3) is 0.691. The van der Waals surface area contributed by atoms with Crippen molar-refractivity contribution >= 4 is 17.9 Å². The maximum absolute atomic E-state index is 12.8. The van der Waals surface area contributed by atoms with E-state index in [4.69, 9.17) is 14.2 Å². The van der Waals surface area contributed by atoms with E-state index in [0.29, 0.717) is 19.3 Å². The molecule has 0 aromatic rings. The van der Waals surface area contributed by atoms with Gasteiger partial charge in [-0.05, 0) is 109 Å². The number of hydrogen-bond acceptors (Lipinski definition) is 6. The van der Waals surface area contributed by atoms with Crippen molar-refractivity contribution in [2.45, 2.75) is 290 Å². The minimum absolute atomic E-state index is 0.0959. The number of carbonyl (C=O) groups excluding carboxylic acids is 3. The van der Waals surface area contributed by atoms with Gasteiger partial charge in [0, 0.05) is 19.3 Å². The fourth-order valence-electron chi connectivity index (χ4n) is 8.39. The molecule has 1 atom stereocenters. The molecule has 0 aromatic carbocycles. The predicted octanol–water partition coefficient (Wildman–Crippen LogP) is 21.0. The average molecular weight is 1030 g/mol. The van der Waals surface area contributed by atoms with Crippen LogP contribution in [-0.4, -0.2) is 37.2 Å². The van der Waals surface area contributed by atoms with Crippen LogP contribution >= 0.6 is 0 Å². The van der Waals surface area contributed by atoms with Crippen LogP contribution in [0.15, 0.2) is 109 Å². The Bertz CT molecular complexity index is 1510. The molecule has 0 aliphatic rings. The van der Waals surface area contributed by atoms with Crippen LogP contribution in [0.5, 0.6) is 0 Å². The van der Waals surface area contributed by atoms with E-state index in [0.717, 1.165) is 103 Å². The van der Waals surface area contributed by atoms with Crippen molar-refractivity contribution in [1.82, 2.24) is 0 Å². The summed E-state index contributed by atoms with van der Waals surface area (Å²) in [6, 6.07) is 0. The number of hydrogen-bond donors (Lipinski definition) is 0. The molecule has 0 spiro atoms. The van der Waals surface area contributed by atoms with Gasteiger partial charge in [0.05, 0.1) is 0 Å². The standard InChI is InChI=1S/C68H114O6/c1-4-7-10-13-16-18-20-22-24-26-28-30-31-32-33-34-35-36-37-39-40-42-44-46-48-50-52-55-58-61-67(70)73-64-65(63-72-66(69)60-57-54-15-12-9-6-3)74-68(71)62-59-56-53-51-49-47-45-43-41-38-29-27-25-23-21-19-17-14-11-8-5-2/h8,11,17,19-20,22-23,25-26,28-29,31-32,38,43,45,49,51,65H,4-7,9-10,12-16,18,21,24,27,30,33-37,39-42,44,46-48,50,52-64H2,1-3H3/b11-8-,19-17-,22-20-,25-23-,28-26-,32-31-,38-29-,45-43-,51-49-. The number of rotatable bonds is 55. The first kappa shape index (κ1) is 70.1. The maximum atomic E-state index is 12.8. The number of ether oxygens (including phenoxy) is 3. The van der Waals surface area contributed by atoms with E-state index < -0.39 is 6.10 Å². The maximum Gasteiger partial charge on any atom is 0.306 e. The summed E-state index contributed by atoms with van der Waals surface area (Å²) in [6.45, 7) is 6.42. The first-order chi connectivity index (χ1) is 36.5. The highest BCUT2D eigenvalue weighted by molar-refractivity contribution is 5.71. The van der Waals surface area contributed by atoms with E-state index in [2.05, 4.69) is 130 Å². The van der Waals surface area contributed by atoms with Gasteiger partial charge in [-0.15, -0.1) is 0 Å². The lowest BCUT2D eigenvalue weighted by Gasteiger charge is -2.18. The molecule has 0 bridgehead atoms. The highest BCUT2D eigenvalue weighted by Gasteiger charge is 2.19. The summed E-state index contributed by atoms with van der Waals surface area (Å²) >= 11 is 0. The van der Waals surface area contributed by atoms with Gasteiger partial charge in [0.1, 0.15) is 13.2 Å². The summed E-state index contributed by atoms with van der Waals surface area (Å²) < 4.78 is 16.7. The molecule has 0 aliphatic carbocycles. The summed E-state index contributed by atoms with van der Waals surface area (Å²) in [6.07, 6.45) is 84.2. The van der Waals surface area contributed by atoms with Gasteiger partial charge in [-0.25, -0.2) is 0 Å². The summed E-state index contributed by atoms with van der Waals surface area (Å²) in [7, 11) is 0. The molecular formula is C68H114O6. The monoisotopic (exact) mass is 1030 g/mol. The number of unbranched alkanes of at least 4 members (excludes halogenated alkanes) is 26. The van der Waals surface area contributed by atoms with Gasteiger partial charge in [0.15, 0.2) is 6.10 Å². The Morgan fingerprint density at radius 1 is 0.284 bits per heavy atom. The number of esters is 3. The average Bonchev–Trinajstić information content (AvgIpc) is 3.40. The molecule has 6 heteroatoms. The highest BCUT2D eigenvalue weighted by Crippen LogP contribution is 2.15. The van der Waals surface area contributed by atoms with Crippen molar-refractivity contribution in [1.29, 1.82) is 0 Å². The van der Waals surface area contributed by atoms with E-state index in [1.807, 2.05) is 0 Å². The van der Waals surface area contributed by atoms with Crippen LogP contribution in [-0.2, 0) is 28.6 Å². The van der Waals surface area contributed by atoms with Gasteiger partial charge in [-0.1, -0.05) is 265 Å². The highest BCUT2D eigenvalue weighted by atomic mass is 16.6. The van der Waals surface area contributed by atoms with Crippen LogP contribution in [0.3, 0.4) is 0 Å². The van der Waals surface area contributed by atoms with Gasteiger partial charge >= 0.3 is 17.9 Å². The van der Waals surface area contributed by atoms with E-state index in [9.17, 15) is 14.4 Å². The van der Waals surface area contributed by atoms with Gasteiger partial charge in [-0.3, -0.25) is 14.4 Å². The Morgan fingerprint density at radius 2 is 0.527 bits per heavy atom. The molecule has 0 fully saturated rings. The molecule has 0 amide bonds. The van der Waals surface area contributed by atoms with Crippen molar-refractivity contribution in [2.24, 2.45) is 0 Å². The molecule has 0 heterocycles. The third-order valence-electron chi connectivity index (χ3n) is 13.0. The van der Waals surface area contributed by atoms with Crippen LogP contribution in [0.25, 0.3) is 0 Å². The van der Waals surface area contributed by atoms with Crippen LogP contribution < -0.4 is 0 Å². The van der Waals surface area contributed by atoms with Crippen molar-refractivity contribution in [2.75, 3.05) is 13.2 Å². The lowest BCUT2D eigenvalue weighted by molar-refractivity contribution is -0.167. The molecule has 0 rings (SSSR count). The molecule has 1 unspecified atom stereocenters. The molecule has 0 saturated heterocycles. The molecule has 74 heavy (non-hydrogen) atoms. The summed E-state index contributed by atoms with van der Waals surface area (Å²) in [5, 5.41) is 0. The van der Waals surface area contributed by atoms with Crippen molar-refractivity contribution in [3.05, 3.63) is 109 Å². The quantitative estimate of drug-likeness (QED) is 0.0261. The summed E-state index contributed by atoms with van der Waals surface area (Å²) in [4.78, 5) is 37.9. The van der Waals surface area contributed by atoms with Crippen LogP contribution in [0, 0.1) is 0 Å². The zero-order valence-electron chi connectivity index (χ0n) is 48.3. The lowest BCUT2D eigenvalue weighted by atomic mass is 10.0. The van der Waals surface area contributed by atoms with Crippen molar-refractivity contribution in [3.63, 3.8) is 0 Å². The molecular weight excluding hydrogens is 913 g/mol. The van der Waals surface area contributed by atoms with Gasteiger partial charge < -0.3 is 14.2 Å². The summed E-state index contributed by atoms with van der Waals surface area (Å²) in [5.41, 5.74) is 0. The number of carbonyl (C=O) groups is 3. The zero-order valence-corrected chi connectivity index (χ0v) is 48.3. The second-order valence-corrected chi connectivity index (χ2v) is 20.2. The molecule has 0 radical (unpaired) electrons. The van der Waals surface area contributed by atoms with Gasteiger partial charge in [-0.2, -0.15) is 0 Å². The fourth-order valence-corrected chi connectivity index (χ4v) is 8.39. The Kier molecular flexibility index (Phi) is 58.3. The van der Waals surface area contributed by atoms with Gasteiger partial charge in [0.25, 0.3) is 0 Å². The minimum atomic E-state index is -0.800. The first-order valence-electron chi connectivity index (χ1n) is 30.9. The van der Waals surface area contributed by atoms with Crippen molar-refractivity contribution in [3.8, 4) is 0 Å². The number of allylic oxidation sites excluding steroid dienone is 18. The Labute approximate surface area is 457 Å². The Hall–Kier alpha value is -3.93. The van der Waals surface area contributed by atoms with Crippen molar-refractivity contribution < 1.29 is 28.6 Å². The van der Waals surface area contributed by atoms with E-state index in [1.54, 1.807) is 0 Å². The SMILES string of the molecule is CC/C=C\C/C=C\C/C=C\C/C=C\C/C=C\C/C=C\CCCCC(=O)OC(COC(=O)CCCCCCCC)COC(=O)CCCCCCCCCCCCCCCC/C=C\C/C=C\C/C=C\CCCCCCC. The smallest absolute Gasteiger partial charge is 0.306 e. The molecule has 0 N–H and O–H groups in total. The van der Waals surface area contributed by atoms with E-state index in [1.165, 1.54) is 135 Å². The lowest BCUT2D eigenvalue weighted by Crippen LogP contribution is -2.30. The zero-order chi connectivity index (χ0) is 53.6. The molecule has 0 aliphatic heterocycles. The third-order valence-corrected chi connectivity index (χ3v) is 13.0. The normalized spacial score (nSPS) is 12.9. The Balaban J connectivity index is 4.15. The second kappa shape index (κ2) is 61.6. The topological polar surface area (TPSA) is 78.9 Å². The van der Waals surface area contributed by atoms with E-state index >= 15 is 0 Å². The first-order valence-corrected chi connectivity index (χ1v) is 30.9. The third kappa shape index (κ3) is 59.0. The molecule has 422 valence electrons. The van der Waals surface area contributed by atoms with Crippen LogP contribution in [0.4, 0.5) is 0 Å². The van der Waals surface area contributed by atoms with Crippen LogP contribution in [0.2, 0.25) is 0 Å². The second-order valence-electron chi connectivity index (χ2n) is 20.2. The summed E-state index contributed by atoms with van der Waals surface area (Å²) in [5.74, 6) is -0.948. The van der Waals surface area contributed by atoms with Crippen LogP contribution in [0.1, 0.15) is 284 Å².